The van der Waals surface area contributed by atoms with Gasteiger partial charge in [-0.15, -0.1) is 0 Å². The van der Waals surface area contributed by atoms with Gasteiger partial charge in [0.2, 0.25) is 0 Å². The third kappa shape index (κ3) is 2.79. The van der Waals surface area contributed by atoms with Crippen LogP contribution in [0.1, 0.15) is 35.7 Å². The molecule has 0 radical (unpaired) electrons. The number of hydrogen-bond acceptors (Lipinski definition) is 5. The highest BCUT2D eigenvalue weighted by Gasteiger charge is 2.22. The smallest absolute Gasteiger partial charge is 0.103 e. The van der Waals surface area contributed by atoms with Crippen molar-refractivity contribution < 1.29 is 0 Å². The highest BCUT2D eigenvalue weighted by atomic mass is 15.3. The van der Waals surface area contributed by atoms with Gasteiger partial charge in [0.25, 0.3) is 0 Å². The van der Waals surface area contributed by atoms with Crippen LogP contribution >= 0.6 is 0 Å². The van der Waals surface area contributed by atoms with E-state index in [1.807, 2.05) is 30.2 Å². The first kappa shape index (κ1) is 16.5. The van der Waals surface area contributed by atoms with E-state index in [0.717, 1.165) is 47.2 Å². The maximum atomic E-state index is 9.12. The van der Waals surface area contributed by atoms with Crippen LogP contribution < -0.4 is 5.32 Å². The molecule has 0 unspecified atom stereocenters. The summed E-state index contributed by atoms with van der Waals surface area (Å²) in [6.07, 6.45) is 10.4. The Kier molecular flexibility index (Phi) is 3.83. The molecular weight excluding hydrogens is 350 g/mol. The van der Waals surface area contributed by atoms with Crippen LogP contribution in [-0.2, 0) is 13.5 Å². The zero-order valence-electron chi connectivity index (χ0n) is 15.5. The van der Waals surface area contributed by atoms with E-state index in [0.29, 0.717) is 5.56 Å². The molecular formula is C21H19N7. The molecule has 1 aliphatic rings. The second-order valence-corrected chi connectivity index (χ2v) is 7.17. The summed E-state index contributed by atoms with van der Waals surface area (Å²) in [6.45, 7) is 0. The van der Waals surface area contributed by atoms with E-state index >= 15 is 0 Å². The Morgan fingerprint density at radius 3 is 2.93 bits per heavy atom. The van der Waals surface area contributed by atoms with Crippen molar-refractivity contribution in [3.63, 3.8) is 0 Å². The highest BCUT2D eigenvalue weighted by molar-refractivity contribution is 5.83. The summed E-state index contributed by atoms with van der Waals surface area (Å²) in [5.41, 5.74) is 5.84. The largest absolute Gasteiger partial charge is 0.377 e. The quantitative estimate of drug-likeness (QED) is 0.597. The standard InChI is InChI=1S/C21H19N7/c1-27-13-18(12-24-27)28-20-8-17(6-5-16(20)11-25-28)26-19-4-2-3-15-7-14(9-22)10-23-21(15)19/h5-8,10-13,19,26H,2-4H2,1H3/t19-/m1/s1. The fourth-order valence-electron chi connectivity index (χ4n) is 3.90. The van der Waals surface area contributed by atoms with Crippen LogP contribution in [-0.4, -0.2) is 24.5 Å². The zero-order valence-corrected chi connectivity index (χ0v) is 15.5. The second-order valence-electron chi connectivity index (χ2n) is 7.17. The minimum Gasteiger partial charge on any atom is -0.377 e. The van der Waals surface area contributed by atoms with Gasteiger partial charge in [0, 0.05) is 24.3 Å². The molecule has 28 heavy (non-hydrogen) atoms. The number of rotatable bonds is 3. The molecule has 0 aliphatic heterocycles. The van der Waals surface area contributed by atoms with Gasteiger partial charge in [0.05, 0.1) is 41.4 Å². The number of aromatic nitrogens is 5. The lowest BCUT2D eigenvalue weighted by Gasteiger charge is -2.26. The molecule has 0 amide bonds. The molecule has 0 saturated carbocycles. The van der Waals surface area contributed by atoms with E-state index in [2.05, 4.69) is 44.8 Å². The van der Waals surface area contributed by atoms with Crippen molar-refractivity contribution in [3.05, 3.63) is 65.9 Å². The number of pyridine rings is 1. The van der Waals surface area contributed by atoms with Gasteiger partial charge in [-0.25, -0.2) is 4.68 Å². The third-order valence-electron chi connectivity index (χ3n) is 5.25. The van der Waals surface area contributed by atoms with Crippen LogP contribution in [0.5, 0.6) is 0 Å². The summed E-state index contributed by atoms with van der Waals surface area (Å²) < 4.78 is 3.67. The Morgan fingerprint density at radius 2 is 2.11 bits per heavy atom. The lowest BCUT2D eigenvalue weighted by atomic mass is 9.91. The Hall–Kier alpha value is -3.66. The lowest BCUT2D eigenvalue weighted by Crippen LogP contribution is -2.19. The average molecular weight is 369 g/mol. The van der Waals surface area contributed by atoms with E-state index < -0.39 is 0 Å². The first-order valence-corrected chi connectivity index (χ1v) is 9.33. The van der Waals surface area contributed by atoms with Crippen LogP contribution in [0.25, 0.3) is 16.6 Å². The summed E-state index contributed by atoms with van der Waals surface area (Å²) in [5.74, 6) is 0. The molecule has 5 rings (SSSR count). The van der Waals surface area contributed by atoms with Gasteiger partial charge in [-0.3, -0.25) is 9.67 Å². The van der Waals surface area contributed by atoms with Gasteiger partial charge in [0.15, 0.2) is 0 Å². The third-order valence-corrected chi connectivity index (χ3v) is 5.25. The monoisotopic (exact) mass is 369 g/mol. The van der Waals surface area contributed by atoms with Crippen LogP contribution in [0.4, 0.5) is 5.69 Å². The van der Waals surface area contributed by atoms with Crippen LogP contribution in [0, 0.1) is 11.3 Å². The topological polar surface area (TPSA) is 84.4 Å². The first-order valence-electron chi connectivity index (χ1n) is 9.33. The molecule has 1 aliphatic carbocycles. The van der Waals surface area contributed by atoms with Crippen molar-refractivity contribution in [2.75, 3.05) is 5.32 Å². The number of nitriles is 1. The van der Waals surface area contributed by atoms with Crippen LogP contribution in [0.15, 0.2) is 49.1 Å². The van der Waals surface area contributed by atoms with Gasteiger partial charge in [-0.1, -0.05) is 0 Å². The molecule has 3 aromatic heterocycles. The summed E-state index contributed by atoms with van der Waals surface area (Å²) in [6, 6.07) is 10.6. The summed E-state index contributed by atoms with van der Waals surface area (Å²) in [7, 11) is 1.90. The normalized spacial score (nSPS) is 15.9. The molecule has 0 fully saturated rings. The van der Waals surface area contributed by atoms with Gasteiger partial charge < -0.3 is 5.32 Å². The van der Waals surface area contributed by atoms with Crippen molar-refractivity contribution in [2.45, 2.75) is 25.3 Å². The molecule has 1 atom stereocenters. The van der Waals surface area contributed by atoms with Crippen LogP contribution in [0.3, 0.4) is 0 Å². The SMILES string of the molecule is Cn1cc(-n2ncc3ccc(N[C@@H]4CCCc5cc(C#N)cnc54)cc32)cn1. The van der Waals surface area contributed by atoms with Gasteiger partial charge in [0.1, 0.15) is 11.8 Å². The second kappa shape index (κ2) is 6.50. The molecule has 7 heteroatoms. The predicted molar refractivity (Wildman–Crippen MR) is 106 cm³/mol. The number of aryl methyl sites for hydroxylation is 2. The van der Waals surface area contributed by atoms with Gasteiger partial charge in [-0.2, -0.15) is 15.5 Å². The summed E-state index contributed by atoms with van der Waals surface area (Å²) >= 11 is 0. The van der Waals surface area contributed by atoms with Crippen molar-refractivity contribution >= 4 is 16.6 Å². The number of fused-ring (bicyclic) bond motifs is 2. The molecule has 3 heterocycles. The molecule has 1 N–H and O–H groups in total. The molecule has 0 spiro atoms. The number of nitrogens with zero attached hydrogens (tertiary/aromatic N) is 6. The highest BCUT2D eigenvalue weighted by Crippen LogP contribution is 2.32. The zero-order chi connectivity index (χ0) is 19.1. The van der Waals surface area contributed by atoms with E-state index in [1.165, 1.54) is 5.56 Å². The minimum atomic E-state index is 0.142. The Morgan fingerprint density at radius 1 is 1.18 bits per heavy atom. The fraction of sp³-hybridized carbons (Fsp3) is 0.238. The number of benzene rings is 1. The Balaban J connectivity index is 1.49. The van der Waals surface area contributed by atoms with E-state index in [-0.39, 0.29) is 6.04 Å². The molecule has 7 nitrogen and oxygen atoms in total. The van der Waals surface area contributed by atoms with Crippen molar-refractivity contribution in [3.8, 4) is 11.8 Å². The fourth-order valence-corrected chi connectivity index (χ4v) is 3.90. The summed E-state index contributed by atoms with van der Waals surface area (Å²) in [4.78, 5) is 4.57. The summed E-state index contributed by atoms with van der Waals surface area (Å²) in [5, 5.41) is 22.6. The molecule has 0 bridgehead atoms. The lowest BCUT2D eigenvalue weighted by molar-refractivity contribution is 0.583. The average Bonchev–Trinajstić information content (AvgIpc) is 3.33. The molecule has 1 aromatic carbocycles. The van der Waals surface area contributed by atoms with Crippen molar-refractivity contribution in [2.24, 2.45) is 7.05 Å². The Labute approximate surface area is 162 Å². The minimum absolute atomic E-state index is 0.142. The van der Waals surface area contributed by atoms with Crippen LogP contribution in [0.2, 0.25) is 0 Å². The maximum Gasteiger partial charge on any atom is 0.103 e. The Bertz CT molecular complexity index is 1210. The van der Waals surface area contributed by atoms with E-state index in [1.54, 1.807) is 17.1 Å². The number of nitrogens with one attached hydrogen (secondary N) is 1. The van der Waals surface area contributed by atoms with Crippen molar-refractivity contribution in [1.82, 2.24) is 24.5 Å². The molecule has 0 saturated heterocycles. The predicted octanol–water partition coefficient (Wildman–Crippen LogP) is 3.52. The maximum absolute atomic E-state index is 9.12. The van der Waals surface area contributed by atoms with Gasteiger partial charge >= 0.3 is 0 Å². The number of anilines is 1. The number of hydrogen-bond donors (Lipinski definition) is 1. The molecule has 138 valence electrons. The molecule has 4 aromatic rings. The first-order chi connectivity index (χ1) is 13.7. The van der Waals surface area contributed by atoms with E-state index in [9.17, 15) is 0 Å². The van der Waals surface area contributed by atoms with Gasteiger partial charge in [-0.05, 0) is 49.1 Å². The van der Waals surface area contributed by atoms with E-state index in [4.69, 9.17) is 5.26 Å². The van der Waals surface area contributed by atoms with Crippen molar-refractivity contribution in [1.29, 1.82) is 5.26 Å².